The van der Waals surface area contributed by atoms with Crippen LogP contribution in [-0.4, -0.2) is 31.6 Å². The highest BCUT2D eigenvalue weighted by molar-refractivity contribution is 8.45. The molecule has 2 aliphatic carbocycles. The summed E-state index contributed by atoms with van der Waals surface area (Å²) < 4.78 is 80.8. The lowest BCUT2D eigenvalue weighted by atomic mass is 9.71. The summed E-state index contributed by atoms with van der Waals surface area (Å²) in [7, 11) is -12.2. The fourth-order valence-corrected chi connectivity index (χ4v) is 8.72. The first-order chi connectivity index (χ1) is 20.5. The SMILES string of the molecule is CC1(C)Cc2nc(C3CCOCC3)c(C(O)c3ccc(S(F)(F)(F)(F)F)cc3)c(C3=CCCC3)c2C(O[Si](C)(C)C(C)(C)C)C1. The number of fused-ring (bicyclic) bond motifs is 1. The highest BCUT2D eigenvalue weighted by Gasteiger charge is 2.65. The van der Waals surface area contributed by atoms with Gasteiger partial charge in [0.1, 0.15) is 11.0 Å². The van der Waals surface area contributed by atoms with E-state index in [1.807, 2.05) is 0 Å². The highest BCUT2D eigenvalue weighted by atomic mass is 32.5. The van der Waals surface area contributed by atoms with Crippen molar-refractivity contribution >= 4 is 24.1 Å². The summed E-state index contributed by atoms with van der Waals surface area (Å²) in [6.07, 6.45) is 6.05. The first kappa shape index (κ1) is 34.5. The predicted molar refractivity (Wildman–Crippen MR) is 174 cm³/mol. The van der Waals surface area contributed by atoms with E-state index < -0.39 is 29.5 Å². The average Bonchev–Trinajstić information content (AvgIpc) is 3.44. The van der Waals surface area contributed by atoms with Crippen molar-refractivity contribution < 1.29 is 33.7 Å². The molecule has 2 aromatic rings. The summed E-state index contributed by atoms with van der Waals surface area (Å²) in [6, 6.07) is 2.73. The van der Waals surface area contributed by atoms with Gasteiger partial charge in [0.15, 0.2) is 8.32 Å². The zero-order valence-corrected chi connectivity index (χ0v) is 29.3. The van der Waals surface area contributed by atoms with Gasteiger partial charge in [0, 0.05) is 36.0 Å². The molecule has 252 valence electrons. The number of pyridine rings is 1. The van der Waals surface area contributed by atoms with E-state index in [0.717, 1.165) is 72.3 Å². The van der Waals surface area contributed by atoms with Crippen molar-refractivity contribution in [3.05, 3.63) is 64.0 Å². The monoisotopic (exact) mass is 673 g/mol. The maximum atomic E-state index is 13.6. The van der Waals surface area contributed by atoms with Gasteiger partial charge < -0.3 is 14.3 Å². The quantitative estimate of drug-likeness (QED) is 0.235. The van der Waals surface area contributed by atoms with Gasteiger partial charge in [0.2, 0.25) is 0 Å². The third-order valence-corrected chi connectivity index (χ3v) is 15.9. The molecular weight excluding hydrogens is 626 g/mol. The lowest BCUT2D eigenvalue weighted by Crippen LogP contribution is -2.44. The zero-order valence-electron chi connectivity index (χ0n) is 27.5. The van der Waals surface area contributed by atoms with Gasteiger partial charge in [0.05, 0.1) is 11.8 Å². The summed E-state index contributed by atoms with van der Waals surface area (Å²) in [5, 5.41) is 12.1. The van der Waals surface area contributed by atoms with E-state index >= 15 is 0 Å². The van der Waals surface area contributed by atoms with Crippen molar-refractivity contribution in [3.63, 3.8) is 0 Å². The van der Waals surface area contributed by atoms with Crippen LogP contribution in [0.5, 0.6) is 0 Å². The summed E-state index contributed by atoms with van der Waals surface area (Å²) in [4.78, 5) is 3.36. The molecule has 0 saturated carbocycles. The van der Waals surface area contributed by atoms with Crippen LogP contribution < -0.4 is 0 Å². The van der Waals surface area contributed by atoms with Crippen molar-refractivity contribution in [1.82, 2.24) is 4.98 Å². The Morgan fingerprint density at radius 2 is 1.67 bits per heavy atom. The summed E-state index contributed by atoms with van der Waals surface area (Å²) in [6.45, 7) is 16.6. The topological polar surface area (TPSA) is 51.6 Å². The summed E-state index contributed by atoms with van der Waals surface area (Å²) in [5.41, 5.74) is 5.22. The number of aliphatic hydroxyl groups is 1. The van der Waals surface area contributed by atoms with Crippen molar-refractivity contribution in [2.45, 2.75) is 121 Å². The first-order valence-electron chi connectivity index (χ1n) is 16.0. The first-order valence-corrected chi connectivity index (χ1v) is 20.9. The number of aromatic nitrogens is 1. The number of benzene rings is 1. The number of aliphatic hydroxyl groups excluding tert-OH is 1. The van der Waals surface area contributed by atoms with Crippen LogP contribution in [-0.2, 0) is 15.6 Å². The number of rotatable bonds is 7. The second-order valence-electron chi connectivity index (χ2n) is 15.5. The van der Waals surface area contributed by atoms with Gasteiger partial charge in [-0.05, 0) is 97.3 Å². The maximum Gasteiger partial charge on any atom is 0.310 e. The summed E-state index contributed by atoms with van der Waals surface area (Å²) in [5.74, 6) is -0.0248. The lowest BCUT2D eigenvalue weighted by molar-refractivity contribution is 0.0828. The van der Waals surface area contributed by atoms with Crippen LogP contribution in [0, 0.1) is 5.41 Å². The number of nitrogens with zero attached hydrogens (tertiary/aromatic N) is 1. The molecule has 0 radical (unpaired) electrons. The number of hydrogen-bond donors (Lipinski definition) is 1. The van der Waals surface area contributed by atoms with Gasteiger partial charge in [-0.2, -0.15) is 0 Å². The van der Waals surface area contributed by atoms with Crippen LogP contribution in [0.4, 0.5) is 19.4 Å². The zero-order chi connectivity index (χ0) is 33.3. The molecule has 1 aromatic heterocycles. The van der Waals surface area contributed by atoms with Gasteiger partial charge >= 0.3 is 10.2 Å². The van der Waals surface area contributed by atoms with E-state index in [0.29, 0.717) is 43.8 Å². The van der Waals surface area contributed by atoms with Crippen LogP contribution in [0.3, 0.4) is 0 Å². The van der Waals surface area contributed by atoms with Gasteiger partial charge in [-0.15, -0.1) is 0 Å². The lowest BCUT2D eigenvalue weighted by Gasteiger charge is -2.45. The van der Waals surface area contributed by atoms with Crippen molar-refractivity contribution in [2.75, 3.05) is 13.2 Å². The molecule has 0 amide bonds. The van der Waals surface area contributed by atoms with Crippen LogP contribution in [0.2, 0.25) is 18.1 Å². The smallest absolute Gasteiger partial charge is 0.310 e. The van der Waals surface area contributed by atoms with Crippen molar-refractivity contribution in [2.24, 2.45) is 5.41 Å². The molecule has 1 N–H and O–H groups in total. The Labute approximate surface area is 265 Å². The van der Waals surface area contributed by atoms with Gasteiger partial charge in [-0.1, -0.05) is 72.3 Å². The van der Waals surface area contributed by atoms with E-state index in [1.165, 1.54) is 0 Å². The molecule has 4 nitrogen and oxygen atoms in total. The number of ether oxygens (including phenoxy) is 1. The largest absolute Gasteiger partial charge is 0.410 e. The molecule has 0 bridgehead atoms. The fourth-order valence-electron chi connectivity index (χ4n) is 6.80. The molecule has 2 unspecified atom stereocenters. The van der Waals surface area contributed by atoms with E-state index in [-0.39, 0.29) is 28.0 Å². The molecule has 1 fully saturated rings. The third-order valence-electron chi connectivity index (χ3n) is 10.2. The minimum atomic E-state index is -9.87. The third kappa shape index (κ3) is 7.22. The molecule has 5 rings (SSSR count). The molecule has 0 spiro atoms. The molecule has 1 aliphatic heterocycles. The highest BCUT2D eigenvalue weighted by Crippen LogP contribution is 3.02. The number of hydrogen-bond acceptors (Lipinski definition) is 4. The normalized spacial score (nSPS) is 23.6. The number of allylic oxidation sites excluding steroid dienone is 2. The maximum absolute atomic E-state index is 13.6. The fraction of sp³-hybridized carbons (Fsp3) is 0.618. The van der Waals surface area contributed by atoms with E-state index in [1.54, 1.807) is 0 Å². The predicted octanol–water partition coefficient (Wildman–Crippen LogP) is 11.3. The van der Waals surface area contributed by atoms with Crippen molar-refractivity contribution in [3.8, 4) is 0 Å². The van der Waals surface area contributed by atoms with Crippen LogP contribution in [0.1, 0.15) is 125 Å². The molecule has 3 aliphatic rings. The summed E-state index contributed by atoms with van der Waals surface area (Å²) >= 11 is 0. The van der Waals surface area contributed by atoms with Gasteiger partial charge in [-0.3, -0.25) is 4.98 Å². The van der Waals surface area contributed by atoms with Crippen molar-refractivity contribution in [1.29, 1.82) is 0 Å². The van der Waals surface area contributed by atoms with Crippen LogP contribution >= 0.6 is 10.2 Å². The Morgan fingerprint density at radius 3 is 2.20 bits per heavy atom. The minimum Gasteiger partial charge on any atom is -0.410 e. The molecular formula is C34H48F5NO3SSi. The Morgan fingerprint density at radius 1 is 1.04 bits per heavy atom. The van der Waals surface area contributed by atoms with E-state index in [9.17, 15) is 24.5 Å². The van der Waals surface area contributed by atoms with Gasteiger partial charge in [0.25, 0.3) is 0 Å². The van der Waals surface area contributed by atoms with Crippen LogP contribution in [0.15, 0.2) is 35.2 Å². The van der Waals surface area contributed by atoms with E-state index in [4.69, 9.17) is 14.1 Å². The molecule has 2 atom stereocenters. The second-order valence-corrected chi connectivity index (χ2v) is 22.7. The molecule has 11 heteroatoms. The standard InChI is InChI=1S/C34H48F5NO3SSi/c1-33(2,3)45(6,7)43-27-21-34(4,5)20-26-29(27)28(22-10-8-9-11-22)30(31(40-26)23-16-18-42-19-17-23)32(41)24-12-14-25(15-13-24)44(35,36,37,38)39/h10,12-15,23,27,32,41H,8-9,11,16-21H2,1-7H3. The molecule has 45 heavy (non-hydrogen) atoms. The molecule has 1 saturated heterocycles. The van der Waals surface area contributed by atoms with Gasteiger partial charge in [-0.25, -0.2) is 0 Å². The van der Waals surface area contributed by atoms with E-state index in [2.05, 4.69) is 53.8 Å². The number of halogens is 5. The second kappa shape index (κ2) is 10.9. The Kier molecular flexibility index (Phi) is 8.34. The Bertz CT molecular complexity index is 1480. The Hall–Kier alpha value is -1.79. The molecule has 1 aromatic carbocycles. The van der Waals surface area contributed by atoms with Crippen LogP contribution in [0.25, 0.3) is 5.57 Å². The molecule has 2 heterocycles. The minimum absolute atomic E-state index is 0.0248. The Balaban J connectivity index is 1.77. The average molecular weight is 674 g/mol.